The molecule has 0 fully saturated rings. The smallest absolute Gasteiger partial charge is 0.323 e. The molecule has 3 rings (SSSR count). The number of amides is 2. The van der Waals surface area contributed by atoms with E-state index in [-0.39, 0.29) is 6.03 Å². The standard InChI is InChI=1S/C16H15N3O/c1-19-10-9-12-7-8-14(11-15(12)19)18-16(20)17-13-5-3-2-4-6-13/h2-11H,1H3,(H2,17,18,20). The largest absolute Gasteiger partial charge is 0.350 e. The van der Waals surface area contributed by atoms with Gasteiger partial charge in [0, 0.05) is 30.1 Å². The predicted molar refractivity (Wildman–Crippen MR) is 82.0 cm³/mol. The van der Waals surface area contributed by atoms with Crippen molar-refractivity contribution in [2.75, 3.05) is 10.6 Å². The molecule has 0 aliphatic rings. The van der Waals surface area contributed by atoms with Crippen LogP contribution in [0.25, 0.3) is 10.9 Å². The maximum absolute atomic E-state index is 11.9. The number of nitrogens with zero attached hydrogens (tertiary/aromatic N) is 1. The SMILES string of the molecule is Cn1ccc2ccc(NC(=O)Nc3ccccc3)cc21. The summed E-state index contributed by atoms with van der Waals surface area (Å²) in [5.74, 6) is 0. The van der Waals surface area contributed by atoms with Gasteiger partial charge in [-0.1, -0.05) is 24.3 Å². The number of hydrogen-bond acceptors (Lipinski definition) is 1. The van der Waals surface area contributed by atoms with E-state index in [1.54, 1.807) is 0 Å². The summed E-state index contributed by atoms with van der Waals surface area (Å²) in [5.41, 5.74) is 2.63. The summed E-state index contributed by atoms with van der Waals surface area (Å²) >= 11 is 0. The van der Waals surface area contributed by atoms with Gasteiger partial charge in [0.05, 0.1) is 0 Å². The zero-order valence-electron chi connectivity index (χ0n) is 11.1. The van der Waals surface area contributed by atoms with Crippen LogP contribution in [0, 0.1) is 0 Å². The molecule has 2 amide bonds. The Morgan fingerprint density at radius 3 is 2.50 bits per heavy atom. The summed E-state index contributed by atoms with van der Waals surface area (Å²) in [6, 6.07) is 17.0. The van der Waals surface area contributed by atoms with Crippen LogP contribution in [-0.4, -0.2) is 10.6 Å². The maximum atomic E-state index is 11.9. The molecule has 3 aromatic rings. The number of aromatic nitrogens is 1. The molecule has 0 aliphatic heterocycles. The van der Waals surface area contributed by atoms with Crippen LogP contribution < -0.4 is 10.6 Å². The van der Waals surface area contributed by atoms with Crippen molar-refractivity contribution in [1.29, 1.82) is 0 Å². The topological polar surface area (TPSA) is 46.1 Å². The van der Waals surface area contributed by atoms with E-state index in [1.807, 2.05) is 72.4 Å². The van der Waals surface area contributed by atoms with Crippen molar-refractivity contribution in [2.45, 2.75) is 0 Å². The lowest BCUT2D eigenvalue weighted by molar-refractivity contribution is 0.262. The van der Waals surface area contributed by atoms with E-state index in [0.29, 0.717) is 0 Å². The summed E-state index contributed by atoms with van der Waals surface area (Å²) < 4.78 is 2.02. The molecule has 0 spiro atoms. The number of benzene rings is 2. The minimum absolute atomic E-state index is 0.246. The minimum atomic E-state index is -0.246. The van der Waals surface area contributed by atoms with Crippen LogP contribution >= 0.6 is 0 Å². The van der Waals surface area contributed by atoms with E-state index in [1.165, 1.54) is 0 Å². The zero-order valence-corrected chi connectivity index (χ0v) is 11.1. The number of para-hydroxylation sites is 1. The first kappa shape index (κ1) is 12.3. The van der Waals surface area contributed by atoms with Crippen molar-refractivity contribution in [1.82, 2.24) is 4.57 Å². The Balaban J connectivity index is 1.75. The van der Waals surface area contributed by atoms with Gasteiger partial charge in [0.25, 0.3) is 0 Å². The molecule has 0 radical (unpaired) electrons. The number of anilines is 2. The van der Waals surface area contributed by atoms with Gasteiger partial charge < -0.3 is 15.2 Å². The van der Waals surface area contributed by atoms with Gasteiger partial charge in [0.15, 0.2) is 0 Å². The molecular weight excluding hydrogens is 250 g/mol. The van der Waals surface area contributed by atoms with Gasteiger partial charge in [-0.2, -0.15) is 0 Å². The Hall–Kier alpha value is -2.75. The highest BCUT2D eigenvalue weighted by molar-refractivity contribution is 6.00. The highest BCUT2D eigenvalue weighted by atomic mass is 16.2. The summed E-state index contributed by atoms with van der Waals surface area (Å²) in [6.45, 7) is 0. The molecule has 20 heavy (non-hydrogen) atoms. The quantitative estimate of drug-likeness (QED) is 0.727. The molecule has 100 valence electrons. The highest BCUT2D eigenvalue weighted by Crippen LogP contribution is 2.19. The fourth-order valence-electron chi connectivity index (χ4n) is 2.16. The van der Waals surface area contributed by atoms with Gasteiger partial charge in [0.1, 0.15) is 0 Å². The number of rotatable bonds is 2. The lowest BCUT2D eigenvalue weighted by atomic mass is 10.2. The number of hydrogen-bond donors (Lipinski definition) is 2. The Morgan fingerprint density at radius 2 is 1.70 bits per heavy atom. The summed E-state index contributed by atoms with van der Waals surface area (Å²) in [7, 11) is 1.98. The molecule has 1 heterocycles. The van der Waals surface area contributed by atoms with Crippen LogP contribution in [0.2, 0.25) is 0 Å². The molecule has 1 aromatic heterocycles. The molecule has 0 saturated carbocycles. The Kier molecular flexibility index (Phi) is 3.13. The predicted octanol–water partition coefficient (Wildman–Crippen LogP) is 3.82. The third-order valence-corrected chi connectivity index (χ3v) is 3.18. The number of nitrogens with one attached hydrogen (secondary N) is 2. The number of carbonyl (C=O) groups excluding carboxylic acids is 1. The van der Waals surface area contributed by atoms with Crippen LogP contribution in [0.1, 0.15) is 0 Å². The monoisotopic (exact) mass is 265 g/mol. The second kappa shape index (κ2) is 5.09. The molecule has 2 aromatic carbocycles. The van der Waals surface area contributed by atoms with E-state index in [4.69, 9.17) is 0 Å². The van der Waals surface area contributed by atoms with E-state index in [2.05, 4.69) is 10.6 Å². The fourth-order valence-corrected chi connectivity index (χ4v) is 2.16. The number of fused-ring (bicyclic) bond motifs is 1. The zero-order chi connectivity index (χ0) is 13.9. The van der Waals surface area contributed by atoms with Crippen molar-refractivity contribution in [3.8, 4) is 0 Å². The highest BCUT2D eigenvalue weighted by Gasteiger charge is 2.04. The Morgan fingerprint density at radius 1 is 0.950 bits per heavy atom. The van der Waals surface area contributed by atoms with Gasteiger partial charge in [-0.05, 0) is 35.7 Å². The van der Waals surface area contributed by atoms with Crippen LogP contribution in [0.4, 0.5) is 16.2 Å². The molecule has 0 bridgehead atoms. The lowest BCUT2D eigenvalue weighted by Gasteiger charge is -2.08. The van der Waals surface area contributed by atoms with Gasteiger partial charge in [-0.3, -0.25) is 0 Å². The molecule has 4 heteroatoms. The van der Waals surface area contributed by atoms with E-state index >= 15 is 0 Å². The van der Waals surface area contributed by atoms with Crippen molar-refractivity contribution in [2.24, 2.45) is 7.05 Å². The van der Waals surface area contributed by atoms with Crippen LogP contribution in [0.3, 0.4) is 0 Å². The van der Waals surface area contributed by atoms with Gasteiger partial charge in [-0.25, -0.2) is 4.79 Å². The number of aryl methyl sites for hydroxylation is 1. The lowest BCUT2D eigenvalue weighted by Crippen LogP contribution is -2.19. The van der Waals surface area contributed by atoms with Gasteiger partial charge in [0.2, 0.25) is 0 Å². The Bertz CT molecular complexity index is 747. The first-order valence-corrected chi connectivity index (χ1v) is 6.40. The minimum Gasteiger partial charge on any atom is -0.350 e. The third-order valence-electron chi connectivity index (χ3n) is 3.18. The summed E-state index contributed by atoms with van der Waals surface area (Å²) in [6.07, 6.45) is 2.00. The number of urea groups is 1. The Labute approximate surface area is 117 Å². The molecule has 0 saturated heterocycles. The molecule has 0 unspecified atom stereocenters. The van der Waals surface area contributed by atoms with Gasteiger partial charge >= 0.3 is 6.03 Å². The number of carbonyl (C=O) groups is 1. The maximum Gasteiger partial charge on any atom is 0.323 e. The van der Waals surface area contributed by atoms with Gasteiger partial charge in [-0.15, -0.1) is 0 Å². The average molecular weight is 265 g/mol. The van der Waals surface area contributed by atoms with Crippen molar-refractivity contribution >= 4 is 28.3 Å². The molecule has 4 nitrogen and oxygen atoms in total. The van der Waals surface area contributed by atoms with Crippen molar-refractivity contribution in [3.05, 3.63) is 60.8 Å². The molecule has 0 atom stereocenters. The molecule has 0 aliphatic carbocycles. The summed E-state index contributed by atoms with van der Waals surface area (Å²) in [5, 5.41) is 6.78. The van der Waals surface area contributed by atoms with Crippen LogP contribution in [0.15, 0.2) is 60.8 Å². The van der Waals surface area contributed by atoms with Crippen LogP contribution in [0.5, 0.6) is 0 Å². The first-order chi connectivity index (χ1) is 9.72. The van der Waals surface area contributed by atoms with Crippen LogP contribution in [-0.2, 0) is 7.05 Å². The van der Waals surface area contributed by atoms with Crippen molar-refractivity contribution in [3.63, 3.8) is 0 Å². The van der Waals surface area contributed by atoms with E-state index in [0.717, 1.165) is 22.3 Å². The van der Waals surface area contributed by atoms with E-state index < -0.39 is 0 Å². The normalized spacial score (nSPS) is 10.4. The second-order valence-electron chi connectivity index (χ2n) is 4.65. The van der Waals surface area contributed by atoms with E-state index in [9.17, 15) is 4.79 Å². The molecular formula is C16H15N3O. The summed E-state index contributed by atoms with van der Waals surface area (Å²) in [4.78, 5) is 11.9. The third kappa shape index (κ3) is 2.49. The first-order valence-electron chi connectivity index (χ1n) is 6.40. The van der Waals surface area contributed by atoms with Crippen molar-refractivity contribution < 1.29 is 4.79 Å². The second-order valence-corrected chi connectivity index (χ2v) is 4.65. The fraction of sp³-hybridized carbons (Fsp3) is 0.0625. The average Bonchev–Trinajstić information content (AvgIpc) is 2.81. The molecule has 2 N–H and O–H groups in total.